The van der Waals surface area contributed by atoms with Crippen molar-refractivity contribution in [1.82, 2.24) is 0 Å². The van der Waals surface area contributed by atoms with Crippen molar-refractivity contribution >= 4 is 14.0 Å². The third kappa shape index (κ3) is 2.88. The van der Waals surface area contributed by atoms with E-state index in [1.165, 1.54) is 0 Å². The van der Waals surface area contributed by atoms with Gasteiger partial charge in [-0.1, -0.05) is 0 Å². The van der Waals surface area contributed by atoms with Gasteiger partial charge in [-0.2, -0.15) is 0 Å². The quantitative estimate of drug-likeness (QED) is 0.573. The first kappa shape index (κ1) is 19.4. The van der Waals surface area contributed by atoms with E-state index >= 15 is 0 Å². The first-order valence-electron chi connectivity index (χ1n) is 6.92. The van der Waals surface area contributed by atoms with E-state index in [0.717, 1.165) is 20.8 Å². The van der Waals surface area contributed by atoms with Crippen LogP contribution in [0.1, 0.15) is 47.5 Å². The molecule has 0 radical (unpaired) electrons. The molecular weight excluding hydrogens is 300 g/mol. The van der Waals surface area contributed by atoms with Gasteiger partial charge in [0, 0.05) is 0 Å². The van der Waals surface area contributed by atoms with Crippen LogP contribution < -0.4 is 0 Å². The van der Waals surface area contributed by atoms with Crippen LogP contribution in [-0.2, 0) is 39.1 Å². The molecule has 0 aromatic rings. The SMILES string of the molecule is CCC[O][Ti](=[O])([CH2]C(C)=O)([O]CCC)([C](C)=O)[C](C)=O. The fourth-order valence-corrected chi connectivity index (χ4v) is 9.57. The molecule has 0 amide bonds. The zero-order chi connectivity index (χ0) is 16.1. The van der Waals surface area contributed by atoms with Crippen molar-refractivity contribution in [3.05, 3.63) is 0 Å². The van der Waals surface area contributed by atoms with Crippen LogP contribution in [0.3, 0.4) is 0 Å². The zero-order valence-corrected chi connectivity index (χ0v) is 14.5. The van der Waals surface area contributed by atoms with Crippen molar-refractivity contribution < 1.29 is 39.1 Å². The summed E-state index contributed by atoms with van der Waals surface area (Å²) in [5, 5.41) is 0. The number of hydrogen-bond donors (Lipinski definition) is 0. The molecule has 0 saturated heterocycles. The summed E-state index contributed by atoms with van der Waals surface area (Å²) in [6.45, 7) is 6.52. The van der Waals surface area contributed by atoms with Gasteiger partial charge >= 0.3 is 118 Å². The van der Waals surface area contributed by atoms with Gasteiger partial charge in [0.15, 0.2) is 0 Å². The van der Waals surface area contributed by atoms with Crippen LogP contribution in [0.4, 0.5) is 0 Å². The summed E-state index contributed by atoms with van der Waals surface area (Å²) in [7, 11) is 0. The number of ketones is 1. The molecular formula is C13H25O6Ti. The second-order valence-electron chi connectivity index (χ2n) is 5.46. The molecule has 20 heavy (non-hydrogen) atoms. The molecule has 6 nitrogen and oxygen atoms in total. The second-order valence-corrected chi connectivity index (χ2v) is 14.7. The first-order chi connectivity index (χ1) is 9.03. The van der Waals surface area contributed by atoms with E-state index in [1.54, 1.807) is 13.8 Å². The molecule has 0 aliphatic heterocycles. The minimum atomic E-state index is -6.93. The number of carbonyl (C=O) groups is 3. The Morgan fingerprint density at radius 1 is 0.850 bits per heavy atom. The Balaban J connectivity index is 6.42. The van der Waals surface area contributed by atoms with E-state index in [-0.39, 0.29) is 13.2 Å². The summed E-state index contributed by atoms with van der Waals surface area (Å²) in [5.74, 6) is -0.567. The number of carbonyl (C=O) groups excluding carboxylic acids is 3. The molecule has 117 valence electrons. The van der Waals surface area contributed by atoms with E-state index in [9.17, 15) is 17.7 Å². The maximum atomic E-state index is 13.8. The van der Waals surface area contributed by atoms with Crippen molar-refractivity contribution in [1.29, 1.82) is 0 Å². The fourth-order valence-electron chi connectivity index (χ4n) is 2.32. The van der Waals surface area contributed by atoms with Crippen LogP contribution in [0.15, 0.2) is 0 Å². The van der Waals surface area contributed by atoms with E-state index in [2.05, 4.69) is 0 Å². The van der Waals surface area contributed by atoms with Crippen LogP contribution in [0, 0.1) is 0 Å². The Bertz CT molecular complexity index is 471. The van der Waals surface area contributed by atoms with Crippen LogP contribution in [-0.4, -0.2) is 27.2 Å². The molecule has 0 bridgehead atoms. The summed E-state index contributed by atoms with van der Waals surface area (Å²) in [4.78, 5) is 36.1. The number of hydrogen-bond acceptors (Lipinski definition) is 6. The van der Waals surface area contributed by atoms with Gasteiger partial charge in [0.05, 0.1) is 0 Å². The standard InChI is InChI=1S/C3H5O.2C3H7O.2C2H3O.O.Ti/c1-3(2)4;2*1-2-3-4;2*1-2-3;;/h1H2,2H3;2*2-3H2,1H3;2*1H3;;/q;2*-1;;;;+2. The van der Waals surface area contributed by atoms with Crippen LogP contribution in [0.25, 0.3) is 0 Å². The van der Waals surface area contributed by atoms with Gasteiger partial charge in [-0.15, -0.1) is 0 Å². The zero-order valence-electron chi connectivity index (χ0n) is 13.0. The summed E-state index contributed by atoms with van der Waals surface area (Å²) in [6, 6.07) is 0. The van der Waals surface area contributed by atoms with Gasteiger partial charge in [-0.05, 0) is 0 Å². The monoisotopic (exact) mass is 325 g/mol. The molecule has 0 aromatic heterocycles. The molecule has 0 aliphatic rings. The average molecular weight is 325 g/mol. The molecule has 0 rings (SSSR count). The second kappa shape index (κ2) is 6.06. The van der Waals surface area contributed by atoms with Gasteiger partial charge in [-0.25, -0.2) is 0 Å². The number of Topliss-reactive ketones (excluding diaryl/α,β-unsaturated/α-hetero) is 1. The third-order valence-electron chi connectivity index (χ3n) is 3.70. The Labute approximate surface area is 118 Å². The Hall–Kier alpha value is -0.556. The van der Waals surface area contributed by atoms with Crippen molar-refractivity contribution in [2.24, 2.45) is 0 Å². The van der Waals surface area contributed by atoms with Crippen molar-refractivity contribution in [2.75, 3.05) is 13.2 Å². The molecule has 0 fully saturated rings. The fraction of sp³-hybridized carbons (Fsp3) is 0.769. The van der Waals surface area contributed by atoms with Crippen molar-refractivity contribution in [3.63, 3.8) is 0 Å². The molecule has 7 heteroatoms. The molecule has 0 aliphatic carbocycles. The molecule has 0 spiro atoms. The number of rotatable bonds is 10. The first-order valence-corrected chi connectivity index (χ1v) is 11.5. The third-order valence-corrected chi connectivity index (χ3v) is 14.0. The van der Waals surface area contributed by atoms with Gasteiger partial charge < -0.3 is 0 Å². The molecule has 0 atom stereocenters. The summed E-state index contributed by atoms with van der Waals surface area (Å²) >= 11 is -6.93. The minimum absolute atomic E-state index is 0.0790. The van der Waals surface area contributed by atoms with Crippen molar-refractivity contribution in [2.45, 2.75) is 52.2 Å². The average Bonchev–Trinajstić information content (AvgIpc) is 2.34. The maximum absolute atomic E-state index is 13.8. The molecule has 0 heterocycles. The van der Waals surface area contributed by atoms with Crippen molar-refractivity contribution in [3.8, 4) is 0 Å². The summed E-state index contributed by atoms with van der Waals surface area (Å²) < 4.78 is 21.8. The topological polar surface area (TPSA) is 86.7 Å². The van der Waals surface area contributed by atoms with Gasteiger partial charge in [0.25, 0.3) is 0 Å². The van der Waals surface area contributed by atoms with Crippen LogP contribution in [0.2, 0.25) is 4.73 Å². The molecule has 0 saturated carbocycles. The Kier molecular flexibility index (Phi) is 5.89. The van der Waals surface area contributed by atoms with E-state index < -0.39 is 33.5 Å². The van der Waals surface area contributed by atoms with Crippen LogP contribution >= 0.6 is 0 Å². The molecule has 0 unspecified atom stereocenters. The summed E-state index contributed by atoms with van der Waals surface area (Å²) in [5.41, 5.74) is 0. The normalized spacial score (nSPS) is 15.2. The molecule has 0 aromatic carbocycles. The summed E-state index contributed by atoms with van der Waals surface area (Å²) in [6.07, 6.45) is 0.888. The van der Waals surface area contributed by atoms with Gasteiger partial charge in [0.2, 0.25) is 0 Å². The Morgan fingerprint density at radius 3 is 1.40 bits per heavy atom. The van der Waals surface area contributed by atoms with Gasteiger partial charge in [0.1, 0.15) is 0 Å². The van der Waals surface area contributed by atoms with E-state index in [4.69, 9.17) is 6.64 Å². The van der Waals surface area contributed by atoms with Gasteiger partial charge in [-0.3, -0.25) is 0 Å². The predicted octanol–water partition coefficient (Wildman–Crippen LogP) is 2.34. The van der Waals surface area contributed by atoms with E-state index in [1.807, 2.05) is 0 Å². The van der Waals surface area contributed by atoms with E-state index in [0.29, 0.717) is 12.8 Å². The predicted molar refractivity (Wildman–Crippen MR) is 70.0 cm³/mol. The molecule has 0 N–H and O–H groups in total. The Morgan fingerprint density at radius 2 is 1.20 bits per heavy atom. The van der Waals surface area contributed by atoms with Crippen LogP contribution in [0.5, 0.6) is 0 Å².